The summed E-state index contributed by atoms with van der Waals surface area (Å²) in [5, 5.41) is 12.7. The number of halogens is 1. The maximum Gasteiger partial charge on any atom is 0.252 e. The van der Waals surface area contributed by atoms with Crippen molar-refractivity contribution < 1.29 is 9.90 Å². The SMILES string of the molecule is C=C(C)C(O)c1cc(I)c2c(c1)CNC2=O. The van der Waals surface area contributed by atoms with Crippen LogP contribution in [0, 0.1) is 3.57 Å². The van der Waals surface area contributed by atoms with E-state index in [0.29, 0.717) is 12.1 Å². The quantitative estimate of drug-likeness (QED) is 0.645. The number of carbonyl (C=O) groups excluding carboxylic acids is 1. The third-order valence-corrected chi connectivity index (χ3v) is 3.49. The minimum atomic E-state index is -0.658. The second-order valence-electron chi connectivity index (χ2n) is 3.97. The lowest BCUT2D eigenvalue weighted by Crippen LogP contribution is -2.13. The zero-order valence-corrected chi connectivity index (χ0v) is 11.0. The van der Waals surface area contributed by atoms with E-state index in [1.54, 1.807) is 6.92 Å². The van der Waals surface area contributed by atoms with Crippen molar-refractivity contribution in [3.05, 3.63) is 44.5 Å². The highest BCUT2D eigenvalue weighted by atomic mass is 127. The first-order valence-corrected chi connectivity index (χ1v) is 6.02. The summed E-state index contributed by atoms with van der Waals surface area (Å²) >= 11 is 2.12. The molecule has 1 atom stereocenters. The van der Waals surface area contributed by atoms with E-state index in [1.165, 1.54) is 0 Å². The van der Waals surface area contributed by atoms with Crippen molar-refractivity contribution >= 4 is 28.5 Å². The Balaban J connectivity index is 2.50. The summed E-state index contributed by atoms with van der Waals surface area (Å²) in [6, 6.07) is 3.71. The number of aliphatic hydroxyl groups excluding tert-OH is 1. The number of amides is 1. The fourth-order valence-electron chi connectivity index (χ4n) is 1.79. The molecule has 0 saturated heterocycles. The number of hydrogen-bond acceptors (Lipinski definition) is 2. The zero-order valence-electron chi connectivity index (χ0n) is 8.88. The molecule has 1 aliphatic rings. The number of carbonyl (C=O) groups is 1. The molecule has 16 heavy (non-hydrogen) atoms. The molecule has 0 aliphatic carbocycles. The van der Waals surface area contributed by atoms with E-state index in [-0.39, 0.29) is 5.91 Å². The Hall–Kier alpha value is -0.880. The lowest BCUT2D eigenvalue weighted by Gasteiger charge is -2.12. The molecule has 2 N–H and O–H groups in total. The molecular formula is C12H12INO2. The van der Waals surface area contributed by atoms with Crippen molar-refractivity contribution in [2.45, 2.75) is 19.6 Å². The van der Waals surface area contributed by atoms with Crippen LogP contribution in [0.2, 0.25) is 0 Å². The van der Waals surface area contributed by atoms with E-state index in [0.717, 1.165) is 20.3 Å². The first-order chi connectivity index (χ1) is 7.50. The topological polar surface area (TPSA) is 49.3 Å². The first-order valence-electron chi connectivity index (χ1n) is 4.94. The van der Waals surface area contributed by atoms with Crippen molar-refractivity contribution in [2.75, 3.05) is 0 Å². The van der Waals surface area contributed by atoms with Gasteiger partial charge in [-0.2, -0.15) is 0 Å². The van der Waals surface area contributed by atoms with Crippen LogP contribution in [0.5, 0.6) is 0 Å². The molecule has 0 bridgehead atoms. The Bertz CT molecular complexity index is 482. The van der Waals surface area contributed by atoms with Crippen LogP contribution >= 0.6 is 22.6 Å². The van der Waals surface area contributed by atoms with Gasteiger partial charge in [-0.1, -0.05) is 12.6 Å². The molecular weight excluding hydrogens is 317 g/mol. The van der Waals surface area contributed by atoms with Crippen LogP contribution in [0.25, 0.3) is 0 Å². The van der Waals surface area contributed by atoms with Crippen LogP contribution in [0.3, 0.4) is 0 Å². The van der Waals surface area contributed by atoms with Gasteiger partial charge in [0.05, 0.1) is 11.7 Å². The monoisotopic (exact) mass is 329 g/mol. The Morgan fingerprint density at radius 1 is 1.62 bits per heavy atom. The first kappa shape index (κ1) is 11.6. The fourth-order valence-corrected chi connectivity index (χ4v) is 2.74. The largest absolute Gasteiger partial charge is 0.384 e. The van der Waals surface area contributed by atoms with E-state index in [4.69, 9.17) is 0 Å². The van der Waals surface area contributed by atoms with Crippen molar-refractivity contribution in [3.63, 3.8) is 0 Å². The lowest BCUT2D eigenvalue weighted by molar-refractivity contribution is 0.0965. The summed E-state index contributed by atoms with van der Waals surface area (Å²) < 4.78 is 0.875. The summed E-state index contributed by atoms with van der Waals surface area (Å²) in [5.41, 5.74) is 3.19. The molecule has 0 radical (unpaired) electrons. The van der Waals surface area contributed by atoms with Gasteiger partial charge in [-0.25, -0.2) is 0 Å². The maximum absolute atomic E-state index is 11.5. The molecule has 2 rings (SSSR count). The van der Waals surface area contributed by atoms with Gasteiger partial charge in [0.1, 0.15) is 0 Å². The van der Waals surface area contributed by atoms with E-state index in [1.807, 2.05) is 12.1 Å². The highest BCUT2D eigenvalue weighted by Crippen LogP contribution is 2.28. The van der Waals surface area contributed by atoms with Gasteiger partial charge in [-0.3, -0.25) is 4.79 Å². The van der Waals surface area contributed by atoms with Crippen LogP contribution in [-0.4, -0.2) is 11.0 Å². The van der Waals surface area contributed by atoms with Gasteiger partial charge >= 0.3 is 0 Å². The summed E-state index contributed by atoms with van der Waals surface area (Å²) in [7, 11) is 0. The van der Waals surface area contributed by atoms with Gasteiger partial charge in [0, 0.05) is 10.1 Å². The molecule has 0 fully saturated rings. The summed E-state index contributed by atoms with van der Waals surface area (Å²) in [6.45, 7) is 6.06. The van der Waals surface area contributed by atoms with Crippen molar-refractivity contribution in [1.82, 2.24) is 5.32 Å². The molecule has 84 valence electrons. The molecule has 0 spiro atoms. The molecule has 4 heteroatoms. The molecule has 1 aliphatic heterocycles. The minimum absolute atomic E-state index is 0.0317. The Morgan fingerprint density at radius 2 is 2.31 bits per heavy atom. The molecule has 1 aromatic rings. The average molecular weight is 329 g/mol. The number of hydrogen-bond donors (Lipinski definition) is 2. The van der Waals surface area contributed by atoms with E-state index in [2.05, 4.69) is 34.5 Å². The summed E-state index contributed by atoms with van der Waals surface area (Å²) in [5.74, 6) is -0.0317. The van der Waals surface area contributed by atoms with Gasteiger partial charge in [-0.05, 0) is 52.3 Å². The third kappa shape index (κ3) is 1.87. The Morgan fingerprint density at radius 3 is 2.94 bits per heavy atom. The molecule has 1 aromatic carbocycles. The highest BCUT2D eigenvalue weighted by molar-refractivity contribution is 14.1. The second kappa shape index (κ2) is 4.18. The highest BCUT2D eigenvalue weighted by Gasteiger charge is 2.23. The van der Waals surface area contributed by atoms with E-state index < -0.39 is 6.10 Å². The van der Waals surface area contributed by atoms with Gasteiger partial charge < -0.3 is 10.4 Å². The molecule has 1 heterocycles. The average Bonchev–Trinajstić information content (AvgIpc) is 2.59. The smallest absolute Gasteiger partial charge is 0.252 e. The van der Waals surface area contributed by atoms with Gasteiger partial charge in [0.25, 0.3) is 5.91 Å². The number of nitrogens with one attached hydrogen (secondary N) is 1. The summed E-state index contributed by atoms with van der Waals surface area (Å²) in [4.78, 5) is 11.5. The minimum Gasteiger partial charge on any atom is -0.384 e. The molecule has 3 nitrogen and oxygen atoms in total. The van der Waals surface area contributed by atoms with Crippen LogP contribution in [-0.2, 0) is 6.54 Å². The molecule has 0 saturated carbocycles. The van der Waals surface area contributed by atoms with Crippen molar-refractivity contribution in [2.24, 2.45) is 0 Å². The van der Waals surface area contributed by atoms with Crippen molar-refractivity contribution in [1.29, 1.82) is 0 Å². The predicted octanol–water partition coefficient (Wildman–Crippen LogP) is 2.14. The van der Waals surface area contributed by atoms with Gasteiger partial charge in [-0.15, -0.1) is 0 Å². The number of benzene rings is 1. The Labute approximate surface area is 108 Å². The molecule has 1 unspecified atom stereocenters. The van der Waals surface area contributed by atoms with E-state index >= 15 is 0 Å². The normalized spacial score (nSPS) is 15.6. The van der Waals surface area contributed by atoms with Crippen molar-refractivity contribution in [3.8, 4) is 0 Å². The van der Waals surface area contributed by atoms with Crippen LogP contribution in [0.1, 0.15) is 34.5 Å². The molecule has 0 aromatic heterocycles. The fraction of sp³-hybridized carbons (Fsp3) is 0.250. The second-order valence-corrected chi connectivity index (χ2v) is 5.13. The van der Waals surface area contributed by atoms with Crippen LogP contribution in [0.4, 0.5) is 0 Å². The van der Waals surface area contributed by atoms with E-state index in [9.17, 15) is 9.90 Å². The van der Waals surface area contributed by atoms with Gasteiger partial charge in [0.2, 0.25) is 0 Å². The van der Waals surface area contributed by atoms with Gasteiger partial charge in [0.15, 0.2) is 0 Å². The number of fused-ring (bicyclic) bond motifs is 1. The zero-order chi connectivity index (χ0) is 11.9. The Kier molecular flexibility index (Phi) is 3.03. The number of rotatable bonds is 2. The molecule has 1 amide bonds. The number of aliphatic hydroxyl groups is 1. The maximum atomic E-state index is 11.5. The predicted molar refractivity (Wildman–Crippen MR) is 70.1 cm³/mol. The third-order valence-electron chi connectivity index (χ3n) is 2.64. The van der Waals surface area contributed by atoms with Crippen LogP contribution in [0.15, 0.2) is 24.3 Å². The van der Waals surface area contributed by atoms with Crippen LogP contribution < -0.4 is 5.32 Å². The lowest BCUT2D eigenvalue weighted by atomic mass is 9.99. The summed E-state index contributed by atoms with van der Waals surface area (Å²) in [6.07, 6.45) is -0.658. The standard InChI is InChI=1S/C12H12INO2/c1-6(2)11(15)7-3-8-5-14-12(16)10(8)9(13)4-7/h3-4,11,15H,1,5H2,2H3,(H,14,16).